The molecule has 0 radical (unpaired) electrons. The van der Waals surface area contributed by atoms with E-state index in [-0.39, 0.29) is 30.0 Å². The molecule has 268 valence electrons. The molecule has 0 bridgehead atoms. The van der Waals surface area contributed by atoms with Gasteiger partial charge < -0.3 is 24.2 Å². The van der Waals surface area contributed by atoms with Gasteiger partial charge in [0.25, 0.3) is 0 Å². The number of methoxy groups -OCH3 is 1. The largest absolute Gasteiger partial charge is 0.461 e. The Balaban J connectivity index is 1.05. The van der Waals surface area contributed by atoms with Gasteiger partial charge in [-0.05, 0) is 62.7 Å². The molecule has 1 aromatic heterocycles. The lowest BCUT2D eigenvalue weighted by molar-refractivity contribution is -0.128. The number of carbonyl (C=O) groups is 1. The first-order valence-corrected chi connectivity index (χ1v) is 18.9. The third kappa shape index (κ3) is 6.75. The molecule has 1 amide bonds. The van der Waals surface area contributed by atoms with Crippen LogP contribution in [-0.4, -0.2) is 121 Å². The first-order valence-electron chi connectivity index (χ1n) is 18.5. The number of halogens is 1. The molecule has 5 aliphatic heterocycles. The van der Waals surface area contributed by atoms with Gasteiger partial charge in [-0.3, -0.25) is 14.6 Å². The molecule has 1 atom stereocenters. The van der Waals surface area contributed by atoms with Crippen LogP contribution in [-0.2, 0) is 22.5 Å². The molecule has 0 unspecified atom stereocenters. The van der Waals surface area contributed by atoms with Crippen LogP contribution in [0.25, 0.3) is 10.8 Å². The normalized spacial score (nSPS) is 22.3. The monoisotopic (exact) mass is 710 g/mol. The number of rotatable bonds is 10. The van der Waals surface area contributed by atoms with Crippen molar-refractivity contribution >= 4 is 39.8 Å². The van der Waals surface area contributed by atoms with Crippen LogP contribution in [0.3, 0.4) is 0 Å². The molecule has 3 aromatic rings. The lowest BCUT2D eigenvalue weighted by atomic mass is 9.95. The van der Waals surface area contributed by atoms with Gasteiger partial charge in [-0.25, -0.2) is 0 Å². The lowest BCUT2D eigenvalue weighted by Gasteiger charge is -2.42. The van der Waals surface area contributed by atoms with Crippen molar-refractivity contribution in [3.05, 3.63) is 64.8 Å². The number of ether oxygens (including phenoxy) is 2. The van der Waals surface area contributed by atoms with Crippen molar-refractivity contribution in [1.82, 2.24) is 24.7 Å². The van der Waals surface area contributed by atoms with Crippen molar-refractivity contribution in [3.63, 3.8) is 0 Å². The Morgan fingerprint density at radius 2 is 1.84 bits per heavy atom. The Bertz CT molecular complexity index is 1830. The minimum Gasteiger partial charge on any atom is -0.461 e. The Labute approximate surface area is 305 Å². The Kier molecular flexibility index (Phi) is 9.77. The second kappa shape index (κ2) is 14.6. The zero-order valence-electron chi connectivity index (χ0n) is 29.5. The molecule has 6 heterocycles. The summed E-state index contributed by atoms with van der Waals surface area (Å²) in [6, 6.07) is 14.9. The van der Waals surface area contributed by atoms with Gasteiger partial charge in [-0.1, -0.05) is 41.9 Å². The van der Waals surface area contributed by atoms with E-state index in [2.05, 4.69) is 49.9 Å². The van der Waals surface area contributed by atoms with E-state index in [1.165, 1.54) is 12.8 Å². The summed E-state index contributed by atoms with van der Waals surface area (Å²) in [6.07, 6.45) is 9.58. The van der Waals surface area contributed by atoms with E-state index in [4.69, 9.17) is 31.0 Å². The van der Waals surface area contributed by atoms with Crippen LogP contribution in [0.1, 0.15) is 43.4 Å². The topological polar surface area (TPSA) is 101 Å². The number of hydrogen-bond donors (Lipinski definition) is 0. The number of likely N-dealkylation sites (tertiary alicyclic amines) is 1. The predicted molar refractivity (Wildman–Crippen MR) is 198 cm³/mol. The van der Waals surface area contributed by atoms with Crippen molar-refractivity contribution in [2.75, 3.05) is 82.4 Å². The highest BCUT2D eigenvalue weighted by molar-refractivity contribution is 6.36. The zero-order chi connectivity index (χ0) is 35.0. The zero-order valence-corrected chi connectivity index (χ0v) is 30.2. The molecule has 0 aliphatic carbocycles. The van der Waals surface area contributed by atoms with E-state index >= 15 is 0 Å². The number of carbonyl (C=O) groups excluding carboxylic acids is 1. The van der Waals surface area contributed by atoms with Gasteiger partial charge in [-0.2, -0.15) is 15.2 Å². The van der Waals surface area contributed by atoms with Crippen molar-refractivity contribution in [2.45, 2.75) is 62.8 Å². The van der Waals surface area contributed by atoms with E-state index < -0.39 is 0 Å². The number of benzene rings is 2. The number of amides is 1. The number of piperazine rings is 1. The number of nitrogens with zero attached hydrogens (tertiary/aromatic N) is 8. The van der Waals surface area contributed by atoms with E-state index in [0.29, 0.717) is 45.3 Å². The Hall–Kier alpha value is -3.95. The molecule has 0 saturated carbocycles. The fraction of sp³-hybridized carbons (Fsp3) is 0.538. The summed E-state index contributed by atoms with van der Waals surface area (Å²) in [7, 11) is 1.73. The number of aromatic nitrogens is 2. The molecule has 4 fully saturated rings. The lowest BCUT2D eigenvalue weighted by Crippen LogP contribution is -2.55. The van der Waals surface area contributed by atoms with Gasteiger partial charge in [-0.15, -0.1) is 0 Å². The molecule has 8 rings (SSSR count). The fourth-order valence-corrected chi connectivity index (χ4v) is 9.24. The number of hydrogen-bond acceptors (Lipinski definition) is 10. The second-order valence-electron chi connectivity index (χ2n) is 14.7. The summed E-state index contributed by atoms with van der Waals surface area (Å²) in [5.74, 6) is 0.822. The van der Waals surface area contributed by atoms with Gasteiger partial charge in [0.1, 0.15) is 12.4 Å². The molecule has 0 spiro atoms. The van der Waals surface area contributed by atoms with E-state index in [1.807, 2.05) is 23.1 Å². The summed E-state index contributed by atoms with van der Waals surface area (Å²) in [4.78, 5) is 34.9. The standard InChI is InChI=1S/C39H47ClN8O3/c1-50-30-24-44(25-30)17-4-11-35(49)48-22-21-46(23-29(48)12-16-41)37-31-13-20-45(34-10-3-8-28-7-2-9-32(40)36(28)34)26-33(31)42-38(43-37)51-27-39-14-5-18-47(39)19-6-15-39/h2-4,7-11,29-30H,5-6,12-15,17-27H2,1H3/b11-4+/t29-/m0/s1. The summed E-state index contributed by atoms with van der Waals surface area (Å²) < 4.78 is 11.9. The van der Waals surface area contributed by atoms with Crippen molar-refractivity contribution in [2.24, 2.45) is 0 Å². The number of fused-ring (bicyclic) bond motifs is 3. The molecule has 12 heteroatoms. The molecule has 0 N–H and O–H groups in total. The minimum absolute atomic E-state index is 0.0474. The molecular weight excluding hydrogens is 664 g/mol. The molecule has 4 saturated heterocycles. The first kappa shape index (κ1) is 34.2. The third-order valence-electron chi connectivity index (χ3n) is 11.7. The smallest absolute Gasteiger partial charge is 0.318 e. The number of nitriles is 1. The summed E-state index contributed by atoms with van der Waals surface area (Å²) in [5.41, 5.74) is 3.24. The van der Waals surface area contributed by atoms with Gasteiger partial charge in [0.2, 0.25) is 5.91 Å². The van der Waals surface area contributed by atoms with Crippen LogP contribution < -0.4 is 14.5 Å². The van der Waals surface area contributed by atoms with Crippen LogP contribution in [0.15, 0.2) is 48.6 Å². The maximum atomic E-state index is 13.4. The van der Waals surface area contributed by atoms with Crippen LogP contribution in [0.2, 0.25) is 5.02 Å². The van der Waals surface area contributed by atoms with Crippen molar-refractivity contribution in [3.8, 4) is 12.1 Å². The summed E-state index contributed by atoms with van der Waals surface area (Å²) in [6.45, 7) is 8.38. The van der Waals surface area contributed by atoms with Gasteiger partial charge in [0.05, 0.1) is 47.4 Å². The van der Waals surface area contributed by atoms with Crippen LogP contribution in [0.4, 0.5) is 11.5 Å². The second-order valence-corrected chi connectivity index (χ2v) is 15.1. The average molecular weight is 711 g/mol. The molecule has 2 aromatic carbocycles. The van der Waals surface area contributed by atoms with E-state index in [1.54, 1.807) is 13.2 Å². The third-order valence-corrected chi connectivity index (χ3v) is 12.1. The maximum Gasteiger partial charge on any atom is 0.318 e. The van der Waals surface area contributed by atoms with Gasteiger partial charge in [0.15, 0.2) is 0 Å². The van der Waals surface area contributed by atoms with Crippen LogP contribution in [0, 0.1) is 11.3 Å². The van der Waals surface area contributed by atoms with Crippen molar-refractivity contribution < 1.29 is 14.3 Å². The minimum atomic E-state index is -0.250. The quantitative estimate of drug-likeness (QED) is 0.276. The molecule has 11 nitrogen and oxygen atoms in total. The van der Waals surface area contributed by atoms with E-state index in [9.17, 15) is 10.1 Å². The van der Waals surface area contributed by atoms with Crippen molar-refractivity contribution in [1.29, 1.82) is 5.26 Å². The maximum absolute atomic E-state index is 13.4. The summed E-state index contributed by atoms with van der Waals surface area (Å²) in [5, 5.41) is 12.7. The molecule has 51 heavy (non-hydrogen) atoms. The van der Waals surface area contributed by atoms with Gasteiger partial charge in [0, 0.05) is 75.6 Å². The van der Waals surface area contributed by atoms with Crippen LogP contribution in [0.5, 0.6) is 6.01 Å². The highest BCUT2D eigenvalue weighted by Crippen LogP contribution is 2.40. The number of anilines is 2. The summed E-state index contributed by atoms with van der Waals surface area (Å²) >= 11 is 6.77. The van der Waals surface area contributed by atoms with E-state index in [0.717, 1.165) is 90.5 Å². The fourth-order valence-electron chi connectivity index (χ4n) is 8.96. The highest BCUT2D eigenvalue weighted by Gasteiger charge is 2.45. The Morgan fingerprint density at radius 1 is 1.04 bits per heavy atom. The first-order chi connectivity index (χ1) is 24.9. The van der Waals surface area contributed by atoms with Gasteiger partial charge >= 0.3 is 6.01 Å². The highest BCUT2D eigenvalue weighted by atomic mass is 35.5. The average Bonchev–Trinajstić information content (AvgIpc) is 3.72. The Morgan fingerprint density at radius 3 is 2.63 bits per heavy atom. The molecular formula is C39H47ClN8O3. The predicted octanol–water partition coefficient (Wildman–Crippen LogP) is 4.67. The SMILES string of the molecule is COC1CN(C/C=C/C(=O)N2CCN(c3nc(OCC45CCCN4CCC5)nc4c3CCN(c3cccc5cccc(Cl)c35)C4)C[C@@H]2CC#N)C1. The molecule has 5 aliphatic rings. The van der Waals surface area contributed by atoms with Crippen LogP contribution >= 0.6 is 11.6 Å².